The third kappa shape index (κ3) is 3.58. The molecule has 0 saturated heterocycles. The lowest BCUT2D eigenvalue weighted by Crippen LogP contribution is -2.11. The Hall–Kier alpha value is -1.81. The zero-order valence-corrected chi connectivity index (χ0v) is 13.0. The van der Waals surface area contributed by atoms with Crippen LogP contribution in [0.1, 0.15) is 16.9 Å². The maximum atomic E-state index is 5.92. The summed E-state index contributed by atoms with van der Waals surface area (Å²) in [5.74, 6) is 1.65. The molecule has 3 nitrogen and oxygen atoms in total. The highest BCUT2D eigenvalue weighted by Crippen LogP contribution is 2.29. The van der Waals surface area contributed by atoms with Crippen LogP contribution in [0.4, 0.5) is 5.69 Å². The predicted octanol–water partition coefficient (Wildman–Crippen LogP) is 4.01. The van der Waals surface area contributed by atoms with Gasteiger partial charge in [0.1, 0.15) is 17.2 Å². The van der Waals surface area contributed by atoms with Gasteiger partial charge in [-0.1, -0.05) is 6.07 Å². The lowest BCUT2D eigenvalue weighted by molar-refractivity contribution is 0.558. The third-order valence-corrected chi connectivity index (χ3v) is 3.43. The van der Waals surface area contributed by atoms with Crippen LogP contribution in [0.3, 0.4) is 0 Å². The van der Waals surface area contributed by atoms with Crippen molar-refractivity contribution < 1.29 is 8.84 Å². The van der Waals surface area contributed by atoms with E-state index in [1.807, 2.05) is 31.2 Å². The second-order valence-corrected chi connectivity index (χ2v) is 7.20. The first-order valence-corrected chi connectivity index (χ1v) is 9.20. The highest BCUT2D eigenvalue weighted by Gasteiger charge is 2.06. The van der Waals surface area contributed by atoms with Gasteiger partial charge in [-0.2, -0.15) is 0 Å². The molecule has 100 valence electrons. The van der Waals surface area contributed by atoms with Gasteiger partial charge in [0.25, 0.3) is 0 Å². The minimum atomic E-state index is -1.14. The van der Waals surface area contributed by atoms with Crippen LogP contribution in [0.15, 0.2) is 39.9 Å². The van der Waals surface area contributed by atoms with E-state index in [-0.39, 0.29) is 0 Å². The smallest absolute Gasteiger partial charge is 0.229 e. The van der Waals surface area contributed by atoms with Crippen molar-refractivity contribution in [2.45, 2.75) is 26.9 Å². The Morgan fingerprint density at radius 1 is 1.21 bits per heavy atom. The van der Waals surface area contributed by atoms with Gasteiger partial charge in [-0.15, -0.1) is 0 Å². The number of hydrogen-bond acceptors (Lipinski definition) is 3. The fraction of sp³-hybridized carbons (Fsp3) is 0.267. The Bertz CT molecular complexity index is 588. The summed E-state index contributed by atoms with van der Waals surface area (Å²) < 4.78 is 11.3. The molecule has 19 heavy (non-hydrogen) atoms. The van der Waals surface area contributed by atoms with Gasteiger partial charge in [0.05, 0.1) is 12.5 Å². The van der Waals surface area contributed by atoms with E-state index in [2.05, 4.69) is 25.0 Å². The van der Waals surface area contributed by atoms with E-state index >= 15 is 0 Å². The monoisotopic (exact) mass is 273 g/mol. The van der Waals surface area contributed by atoms with Crippen molar-refractivity contribution in [1.82, 2.24) is 0 Å². The Kier molecular flexibility index (Phi) is 4.22. The average Bonchev–Trinajstić information content (AvgIpc) is 2.73. The van der Waals surface area contributed by atoms with Crippen molar-refractivity contribution in [1.29, 1.82) is 0 Å². The van der Waals surface area contributed by atoms with Crippen molar-refractivity contribution >= 4 is 20.9 Å². The first-order valence-electron chi connectivity index (χ1n) is 6.41. The van der Waals surface area contributed by atoms with Gasteiger partial charge in [0, 0.05) is 0 Å². The summed E-state index contributed by atoms with van der Waals surface area (Å²) in [5, 5.41) is 0. The minimum Gasteiger partial charge on any atom is -0.546 e. The molecule has 2 aromatic rings. The van der Waals surface area contributed by atoms with Gasteiger partial charge in [0.2, 0.25) is 9.04 Å². The van der Waals surface area contributed by atoms with Crippen molar-refractivity contribution in [2.75, 3.05) is 0 Å². The number of aliphatic imine (C=N–C) groups is 1. The molecule has 2 rings (SSSR count). The van der Waals surface area contributed by atoms with E-state index in [0.717, 1.165) is 22.8 Å². The molecule has 0 atom stereocenters. The van der Waals surface area contributed by atoms with Crippen molar-refractivity contribution in [2.24, 2.45) is 4.99 Å². The van der Waals surface area contributed by atoms with E-state index in [1.54, 1.807) is 12.5 Å². The Morgan fingerprint density at radius 3 is 2.63 bits per heavy atom. The van der Waals surface area contributed by atoms with Crippen LogP contribution < -0.4 is 4.43 Å². The van der Waals surface area contributed by atoms with Gasteiger partial charge in [-0.3, -0.25) is 0 Å². The first kappa shape index (κ1) is 13.6. The van der Waals surface area contributed by atoms with E-state index in [9.17, 15) is 0 Å². The summed E-state index contributed by atoms with van der Waals surface area (Å²) >= 11 is 0. The summed E-state index contributed by atoms with van der Waals surface area (Å²) in [6, 6.07) is 7.98. The molecule has 0 N–H and O–H groups in total. The van der Waals surface area contributed by atoms with Crippen LogP contribution in [0, 0.1) is 13.8 Å². The number of rotatable bonds is 4. The predicted molar refractivity (Wildman–Crippen MR) is 81.4 cm³/mol. The molecule has 1 heterocycles. The zero-order valence-electron chi connectivity index (χ0n) is 11.8. The van der Waals surface area contributed by atoms with E-state index in [4.69, 9.17) is 8.84 Å². The molecule has 0 fully saturated rings. The van der Waals surface area contributed by atoms with Gasteiger partial charge in [0.15, 0.2) is 0 Å². The summed E-state index contributed by atoms with van der Waals surface area (Å²) in [6.07, 6.45) is 3.42. The number of hydrogen-bond donors (Lipinski definition) is 0. The highest BCUT2D eigenvalue weighted by molar-refractivity contribution is 6.49. The summed E-state index contributed by atoms with van der Waals surface area (Å²) in [6.45, 7) is 8.34. The van der Waals surface area contributed by atoms with Crippen LogP contribution in [0.2, 0.25) is 13.1 Å². The largest absolute Gasteiger partial charge is 0.546 e. The Balaban J connectivity index is 2.29. The summed E-state index contributed by atoms with van der Waals surface area (Å²) in [7, 11) is -1.14. The molecule has 0 aliphatic carbocycles. The Morgan fingerprint density at radius 2 is 2.00 bits per heavy atom. The van der Waals surface area contributed by atoms with E-state index in [1.165, 1.54) is 5.56 Å². The van der Waals surface area contributed by atoms with Crippen LogP contribution in [-0.2, 0) is 0 Å². The Labute approximate surface area is 115 Å². The molecule has 0 unspecified atom stereocenters. The van der Waals surface area contributed by atoms with Crippen LogP contribution in [0.25, 0.3) is 0 Å². The van der Waals surface area contributed by atoms with Gasteiger partial charge >= 0.3 is 0 Å². The minimum absolute atomic E-state index is 0.785. The quantitative estimate of drug-likeness (QED) is 0.623. The molecule has 0 aliphatic rings. The van der Waals surface area contributed by atoms with Crippen molar-refractivity contribution in [3.05, 3.63) is 47.4 Å². The maximum absolute atomic E-state index is 5.92. The molecule has 0 amide bonds. The highest BCUT2D eigenvalue weighted by atomic mass is 28.3. The lowest BCUT2D eigenvalue weighted by atomic mass is 10.2. The third-order valence-electron chi connectivity index (χ3n) is 2.70. The molecule has 0 saturated carbocycles. The molecule has 0 aliphatic heterocycles. The topological polar surface area (TPSA) is 34.7 Å². The first-order chi connectivity index (χ1) is 9.06. The number of aryl methyl sites for hydroxylation is 2. The molecular weight excluding hydrogens is 254 g/mol. The normalized spacial score (nSPS) is 11.4. The lowest BCUT2D eigenvalue weighted by Gasteiger charge is -2.12. The SMILES string of the molecule is Cc1ccc(N=Cc2occc2C)c(O[SiH](C)C)c1. The summed E-state index contributed by atoms with van der Waals surface area (Å²) in [4.78, 5) is 4.48. The van der Waals surface area contributed by atoms with Gasteiger partial charge in [-0.25, -0.2) is 4.99 Å². The standard InChI is InChI=1S/C15H19NO2Si/c1-11-5-6-13(14(9-11)18-19(3)4)16-10-15-12(2)7-8-17-15/h5-10,19H,1-4H3. The van der Waals surface area contributed by atoms with Crippen LogP contribution in [0.5, 0.6) is 5.75 Å². The fourth-order valence-corrected chi connectivity index (χ4v) is 2.42. The summed E-state index contributed by atoms with van der Waals surface area (Å²) in [5.41, 5.74) is 3.11. The molecule has 0 bridgehead atoms. The number of benzene rings is 1. The number of nitrogens with zero attached hydrogens (tertiary/aromatic N) is 1. The maximum Gasteiger partial charge on any atom is 0.229 e. The van der Waals surface area contributed by atoms with Crippen molar-refractivity contribution in [3.8, 4) is 5.75 Å². The van der Waals surface area contributed by atoms with Gasteiger partial charge in [-0.05, 0) is 56.3 Å². The molecule has 1 aromatic carbocycles. The average molecular weight is 273 g/mol. The van der Waals surface area contributed by atoms with E-state index < -0.39 is 9.04 Å². The molecule has 4 heteroatoms. The zero-order chi connectivity index (χ0) is 13.8. The molecular formula is C15H19NO2Si. The second-order valence-electron chi connectivity index (χ2n) is 4.86. The van der Waals surface area contributed by atoms with E-state index in [0.29, 0.717) is 0 Å². The van der Waals surface area contributed by atoms with Crippen LogP contribution >= 0.6 is 0 Å². The van der Waals surface area contributed by atoms with Crippen LogP contribution in [-0.4, -0.2) is 15.3 Å². The molecule has 0 spiro atoms. The number of furan rings is 1. The van der Waals surface area contributed by atoms with Crippen molar-refractivity contribution in [3.63, 3.8) is 0 Å². The fourth-order valence-electron chi connectivity index (χ4n) is 1.72. The molecule has 0 radical (unpaired) electrons. The second kappa shape index (κ2) is 5.89. The van der Waals surface area contributed by atoms with Gasteiger partial charge < -0.3 is 8.84 Å². The molecule has 1 aromatic heterocycles.